The maximum Gasteiger partial charge on any atom is 0.223 e. The third kappa shape index (κ3) is 3.03. The highest BCUT2D eigenvalue weighted by atomic mass is 15.2. The summed E-state index contributed by atoms with van der Waals surface area (Å²) < 4.78 is 0. The zero-order valence-electron chi connectivity index (χ0n) is 11.5. The van der Waals surface area contributed by atoms with Crippen LogP contribution in [0.25, 0.3) is 0 Å². The number of nitrogens with zero attached hydrogens (tertiary/aromatic N) is 3. The lowest BCUT2D eigenvalue weighted by molar-refractivity contribution is 0.325. The van der Waals surface area contributed by atoms with Crippen molar-refractivity contribution in [3.05, 3.63) is 6.07 Å². The van der Waals surface area contributed by atoms with Gasteiger partial charge in [-0.25, -0.2) is 0 Å². The van der Waals surface area contributed by atoms with Gasteiger partial charge in [-0.05, 0) is 24.7 Å². The molecule has 0 atom stereocenters. The summed E-state index contributed by atoms with van der Waals surface area (Å²) in [5.74, 6) is 2.05. The third-order valence-electron chi connectivity index (χ3n) is 3.65. The van der Waals surface area contributed by atoms with E-state index in [0.29, 0.717) is 11.4 Å². The first kappa shape index (κ1) is 12.9. The highest BCUT2D eigenvalue weighted by Gasteiger charge is 2.23. The molecule has 0 spiro atoms. The minimum absolute atomic E-state index is 0.334. The molecule has 100 valence electrons. The fourth-order valence-corrected chi connectivity index (χ4v) is 2.39. The number of hydrogen-bond acceptors (Lipinski definition) is 5. The molecule has 18 heavy (non-hydrogen) atoms. The molecule has 0 saturated carbocycles. The average Bonchev–Trinajstić information content (AvgIpc) is 2.49. The first-order valence-corrected chi connectivity index (χ1v) is 6.57. The molecule has 0 bridgehead atoms. The van der Waals surface area contributed by atoms with Crippen LogP contribution in [-0.4, -0.2) is 30.1 Å². The molecule has 3 N–H and O–H groups in total. The number of rotatable bonds is 2. The van der Waals surface area contributed by atoms with Crippen LogP contribution in [0, 0.1) is 5.41 Å². The lowest BCUT2D eigenvalue weighted by Gasteiger charge is -2.24. The molecule has 2 rings (SSSR count). The third-order valence-corrected chi connectivity index (χ3v) is 3.65. The Hall–Kier alpha value is -1.52. The smallest absolute Gasteiger partial charge is 0.223 e. The SMILES string of the molecule is CNc1cc(N2CCCC(C)(C)CC2)nc(N)n1. The largest absolute Gasteiger partial charge is 0.373 e. The Labute approximate surface area is 109 Å². The minimum Gasteiger partial charge on any atom is -0.373 e. The molecule has 0 aromatic carbocycles. The summed E-state index contributed by atoms with van der Waals surface area (Å²) in [6.07, 6.45) is 3.65. The molecule has 1 aliphatic rings. The monoisotopic (exact) mass is 249 g/mol. The number of anilines is 3. The van der Waals surface area contributed by atoms with E-state index in [1.165, 1.54) is 19.3 Å². The number of hydrogen-bond donors (Lipinski definition) is 2. The lowest BCUT2D eigenvalue weighted by Crippen LogP contribution is -2.26. The van der Waals surface area contributed by atoms with Crippen molar-refractivity contribution in [2.24, 2.45) is 5.41 Å². The van der Waals surface area contributed by atoms with E-state index >= 15 is 0 Å². The second-order valence-corrected chi connectivity index (χ2v) is 5.72. The molecule has 5 heteroatoms. The van der Waals surface area contributed by atoms with Crippen molar-refractivity contribution in [1.82, 2.24) is 9.97 Å². The topological polar surface area (TPSA) is 67.1 Å². The van der Waals surface area contributed by atoms with E-state index in [1.807, 2.05) is 13.1 Å². The fraction of sp³-hybridized carbons (Fsp3) is 0.692. The lowest BCUT2D eigenvalue weighted by atomic mass is 9.85. The molecule has 1 aromatic heterocycles. The second-order valence-electron chi connectivity index (χ2n) is 5.72. The predicted molar refractivity (Wildman–Crippen MR) is 75.8 cm³/mol. The first-order chi connectivity index (χ1) is 8.50. The number of nitrogen functional groups attached to an aromatic ring is 1. The van der Waals surface area contributed by atoms with Gasteiger partial charge < -0.3 is 16.0 Å². The van der Waals surface area contributed by atoms with Gasteiger partial charge in [0.2, 0.25) is 5.95 Å². The van der Waals surface area contributed by atoms with E-state index in [2.05, 4.69) is 34.0 Å². The molecule has 5 nitrogen and oxygen atoms in total. The van der Waals surface area contributed by atoms with Gasteiger partial charge in [-0.15, -0.1) is 0 Å². The molecule has 1 fully saturated rings. The molecule has 1 aromatic rings. The van der Waals surface area contributed by atoms with Gasteiger partial charge in [-0.1, -0.05) is 13.8 Å². The number of aromatic nitrogens is 2. The van der Waals surface area contributed by atoms with Crippen molar-refractivity contribution in [1.29, 1.82) is 0 Å². The van der Waals surface area contributed by atoms with Gasteiger partial charge in [-0.3, -0.25) is 0 Å². The quantitative estimate of drug-likeness (QED) is 0.840. The Balaban J connectivity index is 2.18. The molecule has 1 aliphatic heterocycles. The van der Waals surface area contributed by atoms with E-state index in [4.69, 9.17) is 5.73 Å². The van der Waals surface area contributed by atoms with Crippen LogP contribution in [0.15, 0.2) is 6.07 Å². The van der Waals surface area contributed by atoms with Crippen LogP contribution >= 0.6 is 0 Å². The van der Waals surface area contributed by atoms with Gasteiger partial charge in [0.05, 0.1) is 0 Å². The van der Waals surface area contributed by atoms with Crippen molar-refractivity contribution in [3.63, 3.8) is 0 Å². The summed E-state index contributed by atoms with van der Waals surface area (Å²) >= 11 is 0. The average molecular weight is 249 g/mol. The molecular weight excluding hydrogens is 226 g/mol. The van der Waals surface area contributed by atoms with Crippen LogP contribution in [0.4, 0.5) is 17.6 Å². The van der Waals surface area contributed by atoms with Gasteiger partial charge in [-0.2, -0.15) is 9.97 Å². The number of nitrogens with two attached hydrogens (primary N) is 1. The standard InChI is InChI=1S/C13H23N5/c1-13(2)5-4-7-18(8-6-13)11-9-10(15-3)16-12(14)17-11/h9H,4-8H2,1-3H3,(H3,14,15,16,17). The minimum atomic E-state index is 0.334. The maximum atomic E-state index is 5.75. The summed E-state index contributed by atoms with van der Waals surface area (Å²) in [7, 11) is 1.84. The second kappa shape index (κ2) is 5.00. The zero-order chi connectivity index (χ0) is 13.2. The van der Waals surface area contributed by atoms with Crippen molar-refractivity contribution < 1.29 is 0 Å². The van der Waals surface area contributed by atoms with Gasteiger partial charge in [0, 0.05) is 26.2 Å². The Morgan fingerprint density at radius 3 is 2.78 bits per heavy atom. The van der Waals surface area contributed by atoms with Crippen LogP contribution in [-0.2, 0) is 0 Å². The highest BCUT2D eigenvalue weighted by Crippen LogP contribution is 2.31. The van der Waals surface area contributed by atoms with Crippen LogP contribution in [0.2, 0.25) is 0 Å². The summed E-state index contributed by atoms with van der Waals surface area (Å²) in [4.78, 5) is 10.8. The molecular formula is C13H23N5. The van der Waals surface area contributed by atoms with Gasteiger partial charge >= 0.3 is 0 Å². The van der Waals surface area contributed by atoms with Crippen LogP contribution in [0.3, 0.4) is 0 Å². The van der Waals surface area contributed by atoms with Crippen molar-refractivity contribution in [3.8, 4) is 0 Å². The van der Waals surface area contributed by atoms with E-state index in [1.54, 1.807) is 0 Å². The summed E-state index contributed by atoms with van der Waals surface area (Å²) in [5.41, 5.74) is 6.17. The molecule has 0 radical (unpaired) electrons. The Bertz CT molecular complexity index is 416. The molecule has 0 aliphatic carbocycles. The van der Waals surface area contributed by atoms with Crippen molar-refractivity contribution in [2.75, 3.05) is 36.1 Å². The molecule has 0 amide bonds. The first-order valence-electron chi connectivity index (χ1n) is 6.57. The Morgan fingerprint density at radius 1 is 1.28 bits per heavy atom. The van der Waals surface area contributed by atoms with Crippen molar-refractivity contribution >= 4 is 17.6 Å². The predicted octanol–water partition coefficient (Wildman–Crippen LogP) is 2.12. The zero-order valence-corrected chi connectivity index (χ0v) is 11.5. The summed E-state index contributed by atoms with van der Waals surface area (Å²) in [6.45, 7) is 6.75. The van der Waals surface area contributed by atoms with Crippen LogP contribution < -0.4 is 16.0 Å². The van der Waals surface area contributed by atoms with Gasteiger partial charge in [0.15, 0.2) is 0 Å². The summed E-state index contributed by atoms with van der Waals surface area (Å²) in [6, 6.07) is 1.97. The maximum absolute atomic E-state index is 5.75. The van der Waals surface area contributed by atoms with E-state index < -0.39 is 0 Å². The van der Waals surface area contributed by atoms with Gasteiger partial charge in [0.25, 0.3) is 0 Å². The number of nitrogens with one attached hydrogen (secondary N) is 1. The van der Waals surface area contributed by atoms with E-state index in [9.17, 15) is 0 Å². The fourth-order valence-electron chi connectivity index (χ4n) is 2.39. The van der Waals surface area contributed by atoms with Gasteiger partial charge in [0.1, 0.15) is 11.6 Å². The molecule has 0 unspecified atom stereocenters. The Morgan fingerprint density at radius 2 is 2.06 bits per heavy atom. The molecule has 1 saturated heterocycles. The van der Waals surface area contributed by atoms with Crippen molar-refractivity contribution in [2.45, 2.75) is 33.1 Å². The molecule has 2 heterocycles. The van der Waals surface area contributed by atoms with Crippen LogP contribution in [0.5, 0.6) is 0 Å². The van der Waals surface area contributed by atoms with Crippen LogP contribution in [0.1, 0.15) is 33.1 Å². The highest BCUT2D eigenvalue weighted by molar-refractivity contribution is 5.52. The summed E-state index contributed by atoms with van der Waals surface area (Å²) in [5, 5.41) is 3.02. The van der Waals surface area contributed by atoms with E-state index in [-0.39, 0.29) is 0 Å². The Kier molecular flexibility index (Phi) is 3.59. The normalized spacial score (nSPS) is 19.4. The van der Waals surface area contributed by atoms with E-state index in [0.717, 1.165) is 24.7 Å².